The molecule has 0 unspecified atom stereocenters. The Morgan fingerprint density at radius 3 is 0.567 bits per heavy atom. The molecule has 0 saturated heterocycles. The quantitative estimate of drug-likeness (QED) is 0.230. The van der Waals surface area contributed by atoms with Gasteiger partial charge in [-0.2, -0.15) is 0 Å². The fraction of sp³-hybridized carbons (Fsp3) is 0.593. The average molecular weight is 569 g/mol. The first-order valence-corrected chi connectivity index (χ1v) is 18.2. The Bertz CT molecular complexity index is 609. The standard InChI is InChI=1S/2C10H15.C7H19Si2.La/c2*1-6-7(2)9(4)10(5)8(6)3;1-8(2,3)7-9(4,5)6;/h2*1-5H3;7H,1-6H3;/q;;-1;. The molecular formula is C27H49LaSi2-. The molecule has 30 heavy (non-hydrogen) atoms. The molecule has 0 bridgehead atoms. The van der Waals surface area contributed by atoms with Crippen LogP contribution in [0.4, 0.5) is 0 Å². The molecule has 2 aliphatic carbocycles. The number of allylic oxidation sites excluding steroid dienone is 8. The van der Waals surface area contributed by atoms with Gasteiger partial charge in [0.05, 0.1) is 0 Å². The Morgan fingerprint density at radius 2 is 0.533 bits per heavy atom. The minimum absolute atomic E-state index is 0. The molecule has 0 amide bonds. The summed E-state index contributed by atoms with van der Waals surface area (Å²) in [6, 6.07) is 0. The van der Waals surface area contributed by atoms with E-state index in [0.29, 0.717) is 0 Å². The minimum Gasteiger partial charge on any atom is -0.327 e. The van der Waals surface area contributed by atoms with Crippen molar-refractivity contribution in [3.8, 4) is 0 Å². The molecule has 2 aliphatic rings. The monoisotopic (exact) mass is 568 g/mol. The van der Waals surface area contributed by atoms with Crippen LogP contribution in [0.3, 0.4) is 0 Å². The summed E-state index contributed by atoms with van der Waals surface area (Å²) in [6.07, 6.45) is 0. The van der Waals surface area contributed by atoms with Crippen LogP contribution in [0.15, 0.2) is 44.6 Å². The van der Waals surface area contributed by atoms with Crippen LogP contribution in [0.2, 0.25) is 39.3 Å². The number of hydrogen-bond acceptors (Lipinski definition) is 0. The second-order valence-electron chi connectivity index (χ2n) is 11.1. The van der Waals surface area contributed by atoms with Crippen LogP contribution in [0.5, 0.6) is 0 Å². The van der Waals surface area contributed by atoms with E-state index < -0.39 is 16.1 Å². The van der Waals surface area contributed by atoms with Crippen molar-refractivity contribution in [2.75, 3.05) is 0 Å². The Kier molecular flexibility index (Phi) is 13.9. The van der Waals surface area contributed by atoms with E-state index in [0.717, 1.165) is 0 Å². The Balaban J connectivity index is 0. The van der Waals surface area contributed by atoms with E-state index in [2.05, 4.69) is 114 Å². The summed E-state index contributed by atoms with van der Waals surface area (Å²) in [7, 11) is -1.71. The zero-order valence-electron chi connectivity index (χ0n) is 23.2. The predicted octanol–water partition coefficient (Wildman–Crippen LogP) is 9.48. The van der Waals surface area contributed by atoms with Gasteiger partial charge in [-0.3, -0.25) is 0 Å². The topological polar surface area (TPSA) is 0 Å². The van der Waals surface area contributed by atoms with Crippen molar-refractivity contribution in [3.05, 3.63) is 62.1 Å². The van der Waals surface area contributed by atoms with E-state index >= 15 is 0 Å². The van der Waals surface area contributed by atoms with Crippen molar-refractivity contribution in [1.29, 1.82) is 0 Å². The Morgan fingerprint density at radius 1 is 0.367 bits per heavy atom. The van der Waals surface area contributed by atoms with Crippen molar-refractivity contribution < 1.29 is 35.6 Å². The normalized spacial score (nSPS) is 18.4. The molecule has 0 heterocycles. The van der Waals surface area contributed by atoms with Gasteiger partial charge in [0, 0.05) is 47.4 Å². The molecular weight excluding hydrogens is 519 g/mol. The van der Waals surface area contributed by atoms with Crippen LogP contribution in [-0.2, 0) is 0 Å². The molecule has 169 valence electrons. The van der Waals surface area contributed by atoms with Gasteiger partial charge in [0.2, 0.25) is 0 Å². The third-order valence-electron chi connectivity index (χ3n) is 6.49. The van der Waals surface area contributed by atoms with Crippen LogP contribution in [0.1, 0.15) is 69.2 Å². The molecule has 0 aromatic carbocycles. The largest absolute Gasteiger partial charge is 0.327 e. The van der Waals surface area contributed by atoms with Gasteiger partial charge >= 0.3 is 0 Å². The molecule has 0 aromatic rings. The summed E-state index contributed by atoms with van der Waals surface area (Å²) in [5.41, 5.74) is 14.4. The zero-order chi connectivity index (χ0) is 23.5. The fourth-order valence-corrected chi connectivity index (χ4v) is 14.5. The summed E-state index contributed by atoms with van der Waals surface area (Å²) in [5.74, 6) is 2.94. The average Bonchev–Trinajstić information content (AvgIpc) is 2.83. The third-order valence-corrected chi connectivity index (χ3v) is 13.4. The molecule has 0 spiro atoms. The van der Waals surface area contributed by atoms with E-state index in [-0.39, 0.29) is 35.6 Å². The summed E-state index contributed by atoms with van der Waals surface area (Å²) in [5, 5.41) is 0. The fourth-order valence-electron chi connectivity index (χ4n) is 4.11. The van der Waals surface area contributed by atoms with Crippen LogP contribution in [0, 0.1) is 53.1 Å². The van der Waals surface area contributed by atoms with Crippen molar-refractivity contribution in [3.63, 3.8) is 0 Å². The number of rotatable bonds is 2. The van der Waals surface area contributed by atoms with Crippen LogP contribution < -0.4 is 0 Å². The third kappa shape index (κ3) is 10.0. The minimum atomic E-state index is -0.856. The maximum Gasteiger partial charge on any atom is 0.0226 e. The van der Waals surface area contributed by atoms with Crippen molar-refractivity contribution >= 4 is 16.1 Å². The Hall–Kier alpha value is 0.589. The van der Waals surface area contributed by atoms with Gasteiger partial charge in [-0.05, 0) is 77.7 Å². The van der Waals surface area contributed by atoms with Gasteiger partial charge in [-0.1, -0.05) is 75.4 Å². The van der Waals surface area contributed by atoms with E-state index in [4.69, 9.17) is 0 Å². The van der Waals surface area contributed by atoms with Gasteiger partial charge in [0.15, 0.2) is 0 Å². The second-order valence-corrected chi connectivity index (χ2v) is 21.7. The van der Waals surface area contributed by atoms with Crippen molar-refractivity contribution in [2.24, 2.45) is 0 Å². The Labute approximate surface area is 220 Å². The maximum atomic E-state index is 2.65. The SMILES string of the molecule is C[C]1C(C)=C(C)C(C)=C1C.C[C]1C(C)=C(C)C(C)=C1C.C[Si](C)(C)[CH-][Si](C)(C)C.[La]. The van der Waals surface area contributed by atoms with Gasteiger partial charge in [0.25, 0.3) is 0 Å². The molecule has 3 heteroatoms. The first-order valence-electron chi connectivity index (χ1n) is 11.1. The first kappa shape index (κ1) is 32.8. The van der Waals surface area contributed by atoms with Crippen LogP contribution >= 0.6 is 0 Å². The van der Waals surface area contributed by atoms with Gasteiger partial charge < -0.3 is 5.67 Å². The number of hydrogen-bond donors (Lipinski definition) is 0. The summed E-state index contributed by atoms with van der Waals surface area (Å²) in [6.45, 7) is 36.4. The molecule has 0 fully saturated rings. The summed E-state index contributed by atoms with van der Waals surface area (Å²) < 4.78 is 0. The molecule has 0 aliphatic heterocycles. The molecule has 2 rings (SSSR count). The van der Waals surface area contributed by atoms with Gasteiger partial charge in [-0.15, -0.1) is 16.1 Å². The molecule has 0 saturated carbocycles. The summed E-state index contributed by atoms with van der Waals surface area (Å²) in [4.78, 5) is 0. The molecule has 3 radical (unpaired) electrons. The summed E-state index contributed by atoms with van der Waals surface area (Å²) >= 11 is 0. The molecule has 0 aromatic heterocycles. The first-order chi connectivity index (χ1) is 12.8. The van der Waals surface area contributed by atoms with Gasteiger partial charge in [0.1, 0.15) is 0 Å². The van der Waals surface area contributed by atoms with E-state index in [1.807, 2.05) is 0 Å². The smallest absolute Gasteiger partial charge is 0.0226 e. The molecule has 0 N–H and O–H groups in total. The van der Waals surface area contributed by atoms with E-state index in [1.165, 1.54) is 56.4 Å². The van der Waals surface area contributed by atoms with E-state index in [9.17, 15) is 0 Å². The van der Waals surface area contributed by atoms with E-state index in [1.54, 1.807) is 0 Å². The maximum absolute atomic E-state index is 2.65. The van der Waals surface area contributed by atoms with Crippen molar-refractivity contribution in [1.82, 2.24) is 0 Å². The van der Waals surface area contributed by atoms with Crippen molar-refractivity contribution in [2.45, 2.75) is 109 Å². The zero-order valence-corrected chi connectivity index (χ0v) is 28.8. The van der Waals surface area contributed by atoms with Gasteiger partial charge in [-0.25, -0.2) is 0 Å². The van der Waals surface area contributed by atoms with Crippen LogP contribution in [0.25, 0.3) is 0 Å². The molecule has 0 nitrogen and oxygen atoms in total. The second kappa shape index (κ2) is 12.7. The van der Waals surface area contributed by atoms with Crippen LogP contribution in [-0.4, -0.2) is 16.1 Å². The molecule has 0 atom stereocenters. The predicted molar refractivity (Wildman–Crippen MR) is 142 cm³/mol.